The van der Waals surface area contributed by atoms with E-state index in [9.17, 15) is 4.79 Å². The highest BCUT2D eigenvalue weighted by Gasteiger charge is 2.02. The van der Waals surface area contributed by atoms with E-state index in [1.165, 1.54) is 5.54 Å². The third-order valence-electron chi connectivity index (χ3n) is 1.05. The van der Waals surface area contributed by atoms with Gasteiger partial charge < -0.3 is 0 Å². The zero-order chi connectivity index (χ0) is 7.28. The van der Waals surface area contributed by atoms with Gasteiger partial charge in [0.25, 0.3) is 0 Å². The number of Topliss-reactive ketones (excluding diaryl/α,β-unsaturated/α-hetero) is 1. The molecule has 0 aliphatic carbocycles. The summed E-state index contributed by atoms with van der Waals surface area (Å²) in [4.78, 5) is 10.8. The monoisotopic (exact) mass is 146 g/mol. The molecule has 0 radical (unpaired) electrons. The van der Waals surface area contributed by atoms with Crippen LogP contribution in [0.4, 0.5) is 0 Å². The van der Waals surface area contributed by atoms with Crippen LogP contribution >= 0.6 is 11.6 Å². The van der Waals surface area contributed by atoms with Crippen LogP contribution in [0.15, 0.2) is 11.6 Å². The molecule has 0 aliphatic heterocycles. The lowest BCUT2D eigenvalue weighted by atomic mass is 10.1. The van der Waals surface area contributed by atoms with Crippen molar-refractivity contribution in [3.8, 4) is 0 Å². The molecule has 0 saturated carbocycles. The van der Waals surface area contributed by atoms with Gasteiger partial charge in [-0.1, -0.05) is 31.5 Å². The van der Waals surface area contributed by atoms with Crippen molar-refractivity contribution < 1.29 is 4.79 Å². The van der Waals surface area contributed by atoms with E-state index in [0.717, 1.165) is 0 Å². The predicted molar refractivity (Wildman–Crippen MR) is 39.5 cm³/mol. The second-order valence-corrected chi connectivity index (χ2v) is 2.44. The van der Waals surface area contributed by atoms with Crippen LogP contribution in [-0.4, -0.2) is 5.78 Å². The highest BCUT2D eigenvalue weighted by Crippen LogP contribution is 1.99. The van der Waals surface area contributed by atoms with Crippen molar-refractivity contribution >= 4 is 17.4 Å². The van der Waals surface area contributed by atoms with Crippen LogP contribution in [0.3, 0.4) is 0 Å². The lowest BCUT2D eigenvalue weighted by Gasteiger charge is -1.97. The molecule has 0 atom stereocenters. The molecule has 2 heteroatoms. The number of hydrogen-bond acceptors (Lipinski definition) is 1. The first-order chi connectivity index (χ1) is 4.18. The highest BCUT2D eigenvalue weighted by molar-refractivity contribution is 6.25. The Morgan fingerprint density at radius 1 is 1.67 bits per heavy atom. The molecule has 0 fully saturated rings. The Morgan fingerprint density at radius 3 is 2.56 bits per heavy atom. The number of halogens is 1. The van der Waals surface area contributed by atoms with Crippen molar-refractivity contribution in [3.63, 3.8) is 0 Å². The molecule has 0 saturated heterocycles. The number of carbonyl (C=O) groups excluding carboxylic acids is 1. The van der Waals surface area contributed by atoms with Crippen molar-refractivity contribution in [1.82, 2.24) is 0 Å². The minimum Gasteiger partial charge on any atom is -0.299 e. The molecule has 1 nitrogen and oxygen atoms in total. The molecule has 0 spiro atoms. The van der Waals surface area contributed by atoms with Crippen molar-refractivity contribution in [3.05, 3.63) is 11.6 Å². The Labute approximate surface area is 60.7 Å². The maximum atomic E-state index is 10.8. The maximum absolute atomic E-state index is 10.8. The molecule has 0 amide bonds. The third-order valence-corrected chi connectivity index (χ3v) is 1.23. The van der Waals surface area contributed by atoms with Crippen LogP contribution in [0.5, 0.6) is 0 Å². The van der Waals surface area contributed by atoms with E-state index in [1.54, 1.807) is 6.08 Å². The second-order valence-electron chi connectivity index (χ2n) is 2.19. The Morgan fingerprint density at radius 2 is 2.22 bits per heavy atom. The summed E-state index contributed by atoms with van der Waals surface area (Å²) < 4.78 is 0. The topological polar surface area (TPSA) is 17.1 Å². The van der Waals surface area contributed by atoms with Crippen molar-refractivity contribution in [2.24, 2.45) is 5.92 Å². The van der Waals surface area contributed by atoms with Crippen molar-refractivity contribution in [2.75, 3.05) is 0 Å². The molecule has 0 heterocycles. The average molecular weight is 147 g/mol. The number of carbonyl (C=O) groups is 1. The molecule has 0 aliphatic rings. The van der Waals surface area contributed by atoms with Crippen molar-refractivity contribution in [2.45, 2.75) is 20.3 Å². The second kappa shape index (κ2) is 4.57. The van der Waals surface area contributed by atoms with E-state index in [0.29, 0.717) is 6.42 Å². The predicted octanol–water partition coefficient (Wildman–Crippen LogP) is 2.35. The van der Waals surface area contributed by atoms with Gasteiger partial charge in [-0.3, -0.25) is 4.79 Å². The molecule has 0 unspecified atom stereocenters. The summed E-state index contributed by atoms with van der Waals surface area (Å²) in [6, 6.07) is 0. The number of rotatable bonds is 3. The van der Waals surface area contributed by atoms with E-state index < -0.39 is 0 Å². The quantitative estimate of drug-likeness (QED) is 0.598. The molecule has 0 rings (SSSR count). The Hall–Kier alpha value is -0.300. The van der Waals surface area contributed by atoms with Gasteiger partial charge in [-0.25, -0.2) is 0 Å². The van der Waals surface area contributed by atoms with Gasteiger partial charge >= 0.3 is 0 Å². The molecule has 0 aromatic rings. The van der Waals surface area contributed by atoms with E-state index in [4.69, 9.17) is 11.6 Å². The summed E-state index contributed by atoms with van der Waals surface area (Å²) in [7, 11) is 0. The first kappa shape index (κ1) is 8.70. The Kier molecular flexibility index (Phi) is 4.41. The minimum atomic E-state index is 0.123. The highest BCUT2D eigenvalue weighted by atomic mass is 35.5. The van der Waals surface area contributed by atoms with Gasteiger partial charge in [0.1, 0.15) is 5.78 Å². The van der Waals surface area contributed by atoms with Gasteiger partial charge in [0.2, 0.25) is 0 Å². The summed E-state index contributed by atoms with van der Waals surface area (Å²) in [5.41, 5.74) is 1.38. The standard InChI is InChI=1S/C7H11ClO/c1-6(2)7(9)4-3-5-8/h3,5-6H,4H2,1-2H3/b5-3+. The lowest BCUT2D eigenvalue weighted by molar-refractivity contribution is -0.121. The maximum Gasteiger partial charge on any atom is 0.139 e. The first-order valence-electron chi connectivity index (χ1n) is 2.96. The minimum absolute atomic E-state index is 0.123. The molecule has 0 N–H and O–H groups in total. The Bertz CT molecular complexity index is 116. The summed E-state index contributed by atoms with van der Waals surface area (Å²) in [6.07, 6.45) is 2.12. The van der Waals surface area contributed by atoms with Crippen LogP contribution in [0.25, 0.3) is 0 Å². The number of allylic oxidation sites excluding steroid dienone is 1. The summed E-state index contributed by atoms with van der Waals surface area (Å²) >= 11 is 5.22. The van der Waals surface area contributed by atoms with Crippen LogP contribution < -0.4 is 0 Å². The zero-order valence-electron chi connectivity index (χ0n) is 5.73. The fraction of sp³-hybridized carbons (Fsp3) is 0.571. The number of hydrogen-bond donors (Lipinski definition) is 0. The van der Waals surface area contributed by atoms with Gasteiger partial charge in [-0.2, -0.15) is 0 Å². The fourth-order valence-electron chi connectivity index (χ4n) is 0.396. The van der Waals surface area contributed by atoms with Gasteiger partial charge in [0, 0.05) is 17.9 Å². The molecule has 0 bridgehead atoms. The van der Waals surface area contributed by atoms with Gasteiger partial charge in [-0.05, 0) is 0 Å². The van der Waals surface area contributed by atoms with Gasteiger partial charge in [-0.15, -0.1) is 0 Å². The number of ketones is 1. The summed E-state index contributed by atoms with van der Waals surface area (Å²) in [5, 5.41) is 0. The molecule has 9 heavy (non-hydrogen) atoms. The molecule has 0 aromatic heterocycles. The van der Waals surface area contributed by atoms with Crippen LogP contribution in [0.1, 0.15) is 20.3 Å². The van der Waals surface area contributed by atoms with E-state index in [1.807, 2.05) is 13.8 Å². The van der Waals surface area contributed by atoms with Crippen LogP contribution in [-0.2, 0) is 4.79 Å². The van der Waals surface area contributed by atoms with Crippen molar-refractivity contribution in [1.29, 1.82) is 0 Å². The summed E-state index contributed by atoms with van der Waals surface area (Å²) in [5.74, 6) is 0.352. The molecular formula is C7H11ClO. The largest absolute Gasteiger partial charge is 0.299 e. The molecular weight excluding hydrogens is 136 g/mol. The SMILES string of the molecule is CC(C)C(=O)C/C=C/Cl. The zero-order valence-corrected chi connectivity index (χ0v) is 6.48. The average Bonchev–Trinajstić information content (AvgIpc) is 1.82. The smallest absolute Gasteiger partial charge is 0.139 e. The normalized spacial score (nSPS) is 11.1. The third kappa shape index (κ3) is 4.22. The molecule has 0 aromatic carbocycles. The van der Waals surface area contributed by atoms with E-state index >= 15 is 0 Å². The van der Waals surface area contributed by atoms with Gasteiger partial charge in [0.05, 0.1) is 0 Å². The van der Waals surface area contributed by atoms with E-state index in [2.05, 4.69) is 0 Å². The fourth-order valence-corrected chi connectivity index (χ4v) is 0.485. The summed E-state index contributed by atoms with van der Waals surface area (Å²) in [6.45, 7) is 3.76. The molecule has 52 valence electrons. The van der Waals surface area contributed by atoms with Gasteiger partial charge in [0.15, 0.2) is 0 Å². The van der Waals surface area contributed by atoms with E-state index in [-0.39, 0.29) is 11.7 Å². The first-order valence-corrected chi connectivity index (χ1v) is 3.40. The van der Waals surface area contributed by atoms with Crippen LogP contribution in [0.2, 0.25) is 0 Å². The van der Waals surface area contributed by atoms with Crippen LogP contribution in [0, 0.1) is 5.92 Å². The Balaban J connectivity index is 3.51. The lowest BCUT2D eigenvalue weighted by Crippen LogP contribution is -2.04.